The molecule has 1 heterocycles. The van der Waals surface area contributed by atoms with Crippen molar-refractivity contribution in [3.8, 4) is 0 Å². The minimum Gasteiger partial charge on any atom is -0.356 e. The zero-order valence-corrected chi connectivity index (χ0v) is 13.7. The maximum Gasteiger partial charge on any atom is 0.221 e. The van der Waals surface area contributed by atoms with E-state index in [9.17, 15) is 4.79 Å². The summed E-state index contributed by atoms with van der Waals surface area (Å²) in [6.07, 6.45) is 1.41. The Kier molecular flexibility index (Phi) is 4.98. The van der Waals surface area contributed by atoms with Crippen molar-refractivity contribution < 1.29 is 4.79 Å². The molecule has 2 rings (SSSR count). The number of imidazole rings is 1. The summed E-state index contributed by atoms with van der Waals surface area (Å²) < 4.78 is 3.81. The molecule has 0 bridgehead atoms. The van der Waals surface area contributed by atoms with E-state index < -0.39 is 0 Å². The molecule has 2 N–H and O–H groups in total. The summed E-state index contributed by atoms with van der Waals surface area (Å²) in [5, 5.41) is 2.87. The van der Waals surface area contributed by atoms with Gasteiger partial charge in [-0.2, -0.15) is 0 Å². The number of fused-ring (bicyclic) bond motifs is 1. The van der Waals surface area contributed by atoms with Gasteiger partial charge in [-0.3, -0.25) is 4.79 Å². The first kappa shape index (κ1) is 14.5. The lowest BCUT2D eigenvalue weighted by molar-refractivity contribution is -0.121. The first-order valence-corrected chi connectivity index (χ1v) is 7.75. The van der Waals surface area contributed by atoms with Crippen molar-refractivity contribution >= 4 is 51.7 Å². The second-order valence-electron chi connectivity index (χ2n) is 4.34. The van der Waals surface area contributed by atoms with Crippen molar-refractivity contribution in [3.05, 3.63) is 26.5 Å². The van der Waals surface area contributed by atoms with Gasteiger partial charge < -0.3 is 14.9 Å². The van der Waals surface area contributed by atoms with Crippen LogP contribution in [0.2, 0.25) is 0 Å². The SMILES string of the molecule is CCCNC(=O)CCn1c(=S)[nH]c2cc(I)ccc21. The molecule has 19 heavy (non-hydrogen) atoms. The predicted molar refractivity (Wildman–Crippen MR) is 87.8 cm³/mol. The zero-order valence-electron chi connectivity index (χ0n) is 10.7. The predicted octanol–water partition coefficient (Wildman–Crippen LogP) is 3.22. The van der Waals surface area contributed by atoms with Crippen LogP contribution in [0.3, 0.4) is 0 Å². The highest BCUT2D eigenvalue weighted by molar-refractivity contribution is 14.1. The lowest BCUT2D eigenvalue weighted by Gasteiger charge is -2.05. The van der Waals surface area contributed by atoms with Gasteiger partial charge in [0.25, 0.3) is 0 Å². The average Bonchev–Trinajstić information content (AvgIpc) is 2.68. The average molecular weight is 389 g/mol. The summed E-state index contributed by atoms with van der Waals surface area (Å²) in [6.45, 7) is 3.38. The van der Waals surface area contributed by atoms with Crippen molar-refractivity contribution in [2.45, 2.75) is 26.3 Å². The fourth-order valence-corrected chi connectivity index (χ4v) is 2.71. The lowest BCUT2D eigenvalue weighted by atomic mass is 10.3. The van der Waals surface area contributed by atoms with Gasteiger partial charge >= 0.3 is 0 Å². The molecule has 0 spiro atoms. The third-order valence-corrected chi connectivity index (χ3v) is 3.86. The number of carbonyl (C=O) groups is 1. The fourth-order valence-electron chi connectivity index (χ4n) is 1.92. The molecule has 0 aliphatic carbocycles. The lowest BCUT2D eigenvalue weighted by Crippen LogP contribution is -2.25. The number of nitrogens with one attached hydrogen (secondary N) is 2. The Labute approximate surface area is 130 Å². The van der Waals surface area contributed by atoms with Crippen molar-refractivity contribution in [2.75, 3.05) is 6.54 Å². The highest BCUT2D eigenvalue weighted by atomic mass is 127. The summed E-state index contributed by atoms with van der Waals surface area (Å²) in [5.74, 6) is 0.0728. The van der Waals surface area contributed by atoms with Crippen LogP contribution >= 0.6 is 34.8 Å². The van der Waals surface area contributed by atoms with Crippen LogP contribution in [0.25, 0.3) is 11.0 Å². The number of hydrogen-bond donors (Lipinski definition) is 2. The number of aryl methyl sites for hydroxylation is 1. The van der Waals surface area contributed by atoms with Crippen LogP contribution in [0.15, 0.2) is 18.2 Å². The molecule has 2 aromatic rings. The van der Waals surface area contributed by atoms with Crippen molar-refractivity contribution in [1.29, 1.82) is 0 Å². The van der Waals surface area contributed by atoms with E-state index in [0.29, 0.717) is 17.7 Å². The van der Waals surface area contributed by atoms with E-state index in [2.05, 4.69) is 39.0 Å². The van der Waals surface area contributed by atoms with E-state index >= 15 is 0 Å². The summed E-state index contributed by atoms with van der Waals surface area (Å²) in [4.78, 5) is 14.8. The van der Waals surface area contributed by atoms with Crippen LogP contribution in [0, 0.1) is 8.34 Å². The third kappa shape index (κ3) is 3.56. The highest BCUT2D eigenvalue weighted by Gasteiger charge is 2.07. The first-order valence-electron chi connectivity index (χ1n) is 6.26. The van der Waals surface area contributed by atoms with Gasteiger partial charge in [0.15, 0.2) is 4.77 Å². The molecule has 1 aromatic carbocycles. The number of H-pyrrole nitrogens is 1. The van der Waals surface area contributed by atoms with Gasteiger partial charge in [0.2, 0.25) is 5.91 Å². The smallest absolute Gasteiger partial charge is 0.221 e. The number of amides is 1. The number of aromatic amines is 1. The minimum atomic E-state index is 0.0728. The summed E-state index contributed by atoms with van der Waals surface area (Å²) in [6, 6.07) is 6.13. The molecule has 102 valence electrons. The second kappa shape index (κ2) is 6.51. The molecule has 0 saturated heterocycles. The fraction of sp³-hybridized carbons (Fsp3) is 0.385. The van der Waals surface area contributed by atoms with Crippen LogP contribution in [-0.2, 0) is 11.3 Å². The van der Waals surface area contributed by atoms with Crippen LogP contribution in [0.1, 0.15) is 19.8 Å². The van der Waals surface area contributed by atoms with E-state index in [1.165, 1.54) is 0 Å². The number of nitrogens with zero attached hydrogens (tertiary/aromatic N) is 1. The normalized spacial score (nSPS) is 10.8. The number of halogens is 1. The monoisotopic (exact) mass is 389 g/mol. The van der Waals surface area contributed by atoms with Gasteiger partial charge in [0, 0.05) is 23.1 Å². The van der Waals surface area contributed by atoms with Gasteiger partial charge in [0.1, 0.15) is 0 Å². The maximum absolute atomic E-state index is 11.6. The molecule has 4 nitrogen and oxygen atoms in total. The van der Waals surface area contributed by atoms with Crippen LogP contribution in [-0.4, -0.2) is 22.0 Å². The number of rotatable bonds is 5. The van der Waals surface area contributed by atoms with Crippen LogP contribution in [0.4, 0.5) is 0 Å². The molecule has 0 saturated carbocycles. The summed E-state index contributed by atoms with van der Waals surface area (Å²) in [7, 11) is 0. The maximum atomic E-state index is 11.6. The Hall–Kier alpha value is -0.890. The van der Waals surface area contributed by atoms with Gasteiger partial charge in [-0.25, -0.2) is 0 Å². The van der Waals surface area contributed by atoms with E-state index in [-0.39, 0.29) is 5.91 Å². The Bertz CT molecular complexity index is 647. The van der Waals surface area contributed by atoms with Crippen molar-refractivity contribution in [1.82, 2.24) is 14.9 Å². The Balaban J connectivity index is 2.14. The van der Waals surface area contributed by atoms with E-state index in [0.717, 1.165) is 27.6 Å². The van der Waals surface area contributed by atoms with E-state index in [1.54, 1.807) is 0 Å². The molecule has 0 radical (unpaired) electrons. The molecule has 0 atom stereocenters. The largest absolute Gasteiger partial charge is 0.356 e. The van der Waals surface area contributed by atoms with Gasteiger partial charge in [-0.1, -0.05) is 6.92 Å². The Morgan fingerprint density at radius 3 is 3.05 bits per heavy atom. The second-order valence-corrected chi connectivity index (χ2v) is 5.98. The van der Waals surface area contributed by atoms with Gasteiger partial charge in [-0.15, -0.1) is 0 Å². The standard InChI is InChI=1S/C13H16IN3OS/c1-2-6-15-12(18)5-7-17-11-4-3-9(14)8-10(11)16-13(17)19/h3-4,8H,2,5-7H2,1H3,(H,15,18)(H,16,19). The van der Waals surface area contributed by atoms with Crippen LogP contribution in [0.5, 0.6) is 0 Å². The molecular formula is C13H16IN3OS. The molecule has 1 amide bonds. The molecule has 1 aromatic heterocycles. The number of hydrogen-bond acceptors (Lipinski definition) is 2. The zero-order chi connectivity index (χ0) is 13.8. The number of carbonyl (C=O) groups excluding carboxylic acids is 1. The molecule has 6 heteroatoms. The third-order valence-electron chi connectivity index (χ3n) is 2.87. The summed E-state index contributed by atoms with van der Waals surface area (Å²) >= 11 is 7.58. The molecular weight excluding hydrogens is 373 g/mol. The van der Waals surface area contributed by atoms with Gasteiger partial charge in [-0.05, 0) is 59.4 Å². The van der Waals surface area contributed by atoms with Gasteiger partial charge in [0.05, 0.1) is 11.0 Å². The topological polar surface area (TPSA) is 49.8 Å². The quantitative estimate of drug-likeness (QED) is 0.610. The molecule has 0 aliphatic rings. The molecule has 0 unspecified atom stereocenters. The Morgan fingerprint density at radius 1 is 1.53 bits per heavy atom. The first-order chi connectivity index (χ1) is 9.11. The van der Waals surface area contributed by atoms with E-state index in [4.69, 9.17) is 12.2 Å². The molecule has 0 fully saturated rings. The number of aromatic nitrogens is 2. The summed E-state index contributed by atoms with van der Waals surface area (Å²) in [5.41, 5.74) is 2.07. The molecule has 0 aliphatic heterocycles. The number of benzene rings is 1. The highest BCUT2D eigenvalue weighted by Crippen LogP contribution is 2.17. The minimum absolute atomic E-state index is 0.0728. The Morgan fingerprint density at radius 2 is 2.32 bits per heavy atom. The van der Waals surface area contributed by atoms with Crippen molar-refractivity contribution in [2.24, 2.45) is 0 Å². The van der Waals surface area contributed by atoms with Crippen LogP contribution < -0.4 is 5.32 Å². The van der Waals surface area contributed by atoms with Crippen molar-refractivity contribution in [3.63, 3.8) is 0 Å². The van der Waals surface area contributed by atoms with E-state index in [1.807, 2.05) is 23.6 Å².